The molecule has 0 aromatic heterocycles. The molecule has 3 nitrogen and oxygen atoms in total. The van der Waals surface area contributed by atoms with Crippen molar-refractivity contribution in [2.45, 2.75) is 39.2 Å². The number of hydrogen-bond acceptors (Lipinski definition) is 2. The highest BCUT2D eigenvalue weighted by Crippen LogP contribution is 2.48. The molecule has 0 saturated heterocycles. The first-order chi connectivity index (χ1) is 8.04. The van der Waals surface area contributed by atoms with E-state index in [1.54, 1.807) is 0 Å². The van der Waals surface area contributed by atoms with E-state index in [1.807, 2.05) is 18.7 Å². The lowest BCUT2D eigenvalue weighted by atomic mass is 9.84. The van der Waals surface area contributed by atoms with Crippen LogP contribution in [0.2, 0.25) is 0 Å². The van der Waals surface area contributed by atoms with Crippen LogP contribution in [0, 0.1) is 17.8 Å². The third-order valence-electron chi connectivity index (χ3n) is 4.42. The van der Waals surface area contributed by atoms with Gasteiger partial charge in [0.1, 0.15) is 0 Å². The molecule has 2 aliphatic rings. The zero-order chi connectivity index (χ0) is 12.6. The van der Waals surface area contributed by atoms with Gasteiger partial charge in [0.15, 0.2) is 0 Å². The Kier molecular flexibility index (Phi) is 3.57. The van der Waals surface area contributed by atoms with Gasteiger partial charge in [0.05, 0.1) is 5.92 Å². The van der Waals surface area contributed by atoms with E-state index in [1.165, 1.54) is 19.3 Å². The van der Waals surface area contributed by atoms with Crippen LogP contribution in [-0.2, 0) is 4.79 Å². The van der Waals surface area contributed by atoms with Crippen molar-refractivity contribution in [3.05, 3.63) is 12.2 Å². The molecule has 0 heterocycles. The summed E-state index contributed by atoms with van der Waals surface area (Å²) in [5.41, 5.74) is 7.26. The van der Waals surface area contributed by atoms with E-state index in [9.17, 15) is 4.79 Å². The molecule has 0 aliphatic heterocycles. The number of fused-ring (bicyclic) bond motifs is 2. The number of nitrogens with two attached hydrogens (primary N) is 1. The Hall–Kier alpha value is -0.830. The Bertz CT molecular complexity index is 324. The molecule has 2 fully saturated rings. The van der Waals surface area contributed by atoms with Gasteiger partial charge in [-0.25, -0.2) is 0 Å². The number of nitrogens with zero attached hydrogens (tertiary/aromatic N) is 1. The van der Waals surface area contributed by atoms with E-state index in [-0.39, 0.29) is 17.9 Å². The molecule has 0 spiro atoms. The lowest BCUT2D eigenvalue weighted by Gasteiger charge is -2.32. The summed E-state index contributed by atoms with van der Waals surface area (Å²) in [5, 5.41) is 0. The second-order valence-electron chi connectivity index (χ2n) is 5.75. The van der Waals surface area contributed by atoms with E-state index in [0.717, 1.165) is 12.1 Å². The minimum Gasteiger partial charge on any atom is -0.339 e. The highest BCUT2D eigenvalue weighted by molar-refractivity contribution is 5.80. The molecule has 2 rings (SSSR count). The van der Waals surface area contributed by atoms with Crippen LogP contribution in [0.1, 0.15) is 33.1 Å². The fraction of sp³-hybridized carbons (Fsp3) is 0.786. The second-order valence-corrected chi connectivity index (χ2v) is 5.75. The van der Waals surface area contributed by atoms with Gasteiger partial charge in [-0.15, -0.1) is 0 Å². The van der Waals surface area contributed by atoms with Crippen molar-refractivity contribution in [3.8, 4) is 0 Å². The van der Waals surface area contributed by atoms with Crippen molar-refractivity contribution in [2.24, 2.45) is 23.5 Å². The molecule has 4 unspecified atom stereocenters. The smallest absolute Gasteiger partial charge is 0.227 e. The number of carbonyl (C=O) groups excluding carboxylic acids is 1. The molecule has 0 aromatic carbocycles. The van der Waals surface area contributed by atoms with Gasteiger partial charge in [-0.05, 0) is 44.9 Å². The first kappa shape index (κ1) is 12.6. The van der Waals surface area contributed by atoms with Gasteiger partial charge < -0.3 is 10.6 Å². The third-order valence-corrected chi connectivity index (χ3v) is 4.42. The summed E-state index contributed by atoms with van der Waals surface area (Å²) in [5.74, 6) is 1.47. The van der Waals surface area contributed by atoms with Gasteiger partial charge in [0.2, 0.25) is 5.91 Å². The fourth-order valence-electron chi connectivity index (χ4n) is 3.58. The Morgan fingerprint density at radius 2 is 2.06 bits per heavy atom. The van der Waals surface area contributed by atoms with Gasteiger partial charge in [-0.1, -0.05) is 12.2 Å². The predicted molar refractivity (Wildman–Crippen MR) is 69.4 cm³/mol. The highest BCUT2D eigenvalue weighted by Gasteiger charge is 2.49. The standard InChI is InChI=1S/C14H24N2O/c1-4-16(8-9(2)3)14(17)12-10-5-6-11(7-10)13(12)15/h10-13H,2,4-8,15H2,1,3H3. The van der Waals surface area contributed by atoms with Crippen molar-refractivity contribution in [3.63, 3.8) is 0 Å². The summed E-state index contributed by atoms with van der Waals surface area (Å²) < 4.78 is 0. The molecule has 2 saturated carbocycles. The molecule has 0 radical (unpaired) electrons. The summed E-state index contributed by atoms with van der Waals surface area (Å²) in [6, 6.07) is 0.0976. The third kappa shape index (κ3) is 2.25. The molecule has 2 aliphatic carbocycles. The van der Waals surface area contributed by atoms with Crippen LogP contribution < -0.4 is 5.73 Å². The number of likely N-dealkylation sites (N-methyl/N-ethyl adjacent to an activating group) is 1. The van der Waals surface area contributed by atoms with Crippen LogP contribution in [0.4, 0.5) is 0 Å². The van der Waals surface area contributed by atoms with Gasteiger partial charge in [-0.3, -0.25) is 4.79 Å². The Balaban J connectivity index is 2.06. The lowest BCUT2D eigenvalue weighted by molar-refractivity contribution is -0.137. The fourth-order valence-corrected chi connectivity index (χ4v) is 3.58. The van der Waals surface area contributed by atoms with Gasteiger partial charge in [0, 0.05) is 19.1 Å². The topological polar surface area (TPSA) is 46.3 Å². The van der Waals surface area contributed by atoms with E-state index in [0.29, 0.717) is 18.4 Å². The number of hydrogen-bond donors (Lipinski definition) is 1. The van der Waals surface area contributed by atoms with E-state index in [4.69, 9.17) is 5.73 Å². The monoisotopic (exact) mass is 236 g/mol. The van der Waals surface area contributed by atoms with Gasteiger partial charge in [-0.2, -0.15) is 0 Å². The van der Waals surface area contributed by atoms with Crippen molar-refractivity contribution < 1.29 is 4.79 Å². The molecule has 96 valence electrons. The minimum atomic E-state index is 0.0769. The molecule has 2 bridgehead atoms. The van der Waals surface area contributed by atoms with Crippen molar-refractivity contribution in [1.82, 2.24) is 4.90 Å². The molecule has 2 N–H and O–H groups in total. The number of amides is 1. The van der Waals surface area contributed by atoms with Crippen molar-refractivity contribution in [1.29, 1.82) is 0 Å². The normalized spacial score (nSPS) is 35.0. The first-order valence-corrected chi connectivity index (χ1v) is 6.73. The molecule has 0 aromatic rings. The number of carbonyl (C=O) groups is 1. The van der Waals surface area contributed by atoms with Crippen molar-refractivity contribution in [2.75, 3.05) is 13.1 Å². The summed E-state index contributed by atoms with van der Waals surface area (Å²) in [6.07, 6.45) is 3.59. The first-order valence-electron chi connectivity index (χ1n) is 6.73. The molecule has 4 atom stereocenters. The highest BCUT2D eigenvalue weighted by atomic mass is 16.2. The SMILES string of the molecule is C=C(C)CN(CC)C(=O)C1C2CCC(C2)C1N. The largest absolute Gasteiger partial charge is 0.339 e. The Morgan fingerprint density at radius 1 is 1.41 bits per heavy atom. The van der Waals surface area contributed by atoms with E-state index in [2.05, 4.69) is 6.58 Å². The Morgan fingerprint density at radius 3 is 2.53 bits per heavy atom. The van der Waals surface area contributed by atoms with Crippen LogP contribution in [0.25, 0.3) is 0 Å². The van der Waals surface area contributed by atoms with Gasteiger partial charge in [0.25, 0.3) is 0 Å². The minimum absolute atomic E-state index is 0.0769. The van der Waals surface area contributed by atoms with Gasteiger partial charge >= 0.3 is 0 Å². The average Bonchev–Trinajstić information content (AvgIpc) is 2.85. The summed E-state index contributed by atoms with van der Waals surface area (Å²) >= 11 is 0. The molecular formula is C14H24N2O. The quantitative estimate of drug-likeness (QED) is 0.756. The Labute approximate surface area is 104 Å². The maximum absolute atomic E-state index is 12.5. The maximum atomic E-state index is 12.5. The maximum Gasteiger partial charge on any atom is 0.227 e. The second kappa shape index (κ2) is 4.81. The van der Waals surface area contributed by atoms with Crippen LogP contribution in [0.15, 0.2) is 12.2 Å². The van der Waals surface area contributed by atoms with Crippen LogP contribution in [-0.4, -0.2) is 29.9 Å². The summed E-state index contributed by atoms with van der Waals surface area (Å²) in [4.78, 5) is 14.4. The lowest BCUT2D eigenvalue weighted by Crippen LogP contribution is -2.47. The van der Waals surface area contributed by atoms with Crippen LogP contribution >= 0.6 is 0 Å². The van der Waals surface area contributed by atoms with Crippen molar-refractivity contribution >= 4 is 5.91 Å². The van der Waals surface area contributed by atoms with Crippen LogP contribution in [0.3, 0.4) is 0 Å². The molecular weight excluding hydrogens is 212 g/mol. The zero-order valence-electron chi connectivity index (χ0n) is 11.0. The van der Waals surface area contributed by atoms with E-state index >= 15 is 0 Å². The molecule has 17 heavy (non-hydrogen) atoms. The molecule has 3 heteroatoms. The number of rotatable bonds is 4. The molecule has 1 amide bonds. The summed E-state index contributed by atoms with van der Waals surface area (Å²) in [6.45, 7) is 9.32. The van der Waals surface area contributed by atoms with E-state index < -0.39 is 0 Å². The average molecular weight is 236 g/mol. The zero-order valence-corrected chi connectivity index (χ0v) is 11.0. The predicted octanol–water partition coefficient (Wildman–Crippen LogP) is 1.78. The summed E-state index contributed by atoms with van der Waals surface area (Å²) in [7, 11) is 0. The van der Waals surface area contributed by atoms with Crippen LogP contribution in [0.5, 0.6) is 0 Å².